The summed E-state index contributed by atoms with van der Waals surface area (Å²) in [4.78, 5) is 0. The standard InChI is InChI=1S/C15H25NO2S/c1-5-19(17,18)8-6-7-14(16)15-12(3)9-11(2)10-13(15)4/h9-10,14H,5-8,16H2,1-4H3. The minimum atomic E-state index is -2.88. The Morgan fingerprint density at radius 1 is 1.16 bits per heavy atom. The average Bonchev–Trinajstić information content (AvgIpc) is 2.27. The van der Waals surface area contributed by atoms with Crippen LogP contribution in [0.5, 0.6) is 0 Å². The molecule has 0 aromatic heterocycles. The molecule has 1 aromatic carbocycles. The predicted molar refractivity (Wildman–Crippen MR) is 81.1 cm³/mol. The second-order valence-electron chi connectivity index (χ2n) is 5.30. The Morgan fingerprint density at radius 2 is 1.68 bits per heavy atom. The van der Waals surface area contributed by atoms with Crippen molar-refractivity contribution in [2.45, 2.75) is 46.6 Å². The van der Waals surface area contributed by atoms with Crippen molar-refractivity contribution < 1.29 is 8.42 Å². The fourth-order valence-electron chi connectivity index (χ4n) is 2.59. The van der Waals surface area contributed by atoms with Crippen molar-refractivity contribution in [3.8, 4) is 0 Å². The summed E-state index contributed by atoms with van der Waals surface area (Å²) in [7, 11) is -2.88. The molecule has 108 valence electrons. The minimum Gasteiger partial charge on any atom is -0.324 e. The normalized spacial score (nSPS) is 13.5. The van der Waals surface area contributed by atoms with Crippen molar-refractivity contribution in [1.82, 2.24) is 0 Å². The summed E-state index contributed by atoms with van der Waals surface area (Å²) in [6, 6.07) is 4.18. The third kappa shape index (κ3) is 4.62. The van der Waals surface area contributed by atoms with Gasteiger partial charge in [-0.15, -0.1) is 0 Å². The van der Waals surface area contributed by atoms with Gasteiger partial charge in [-0.05, 0) is 50.3 Å². The van der Waals surface area contributed by atoms with Gasteiger partial charge in [-0.25, -0.2) is 8.42 Å². The smallest absolute Gasteiger partial charge is 0.150 e. The average molecular weight is 283 g/mol. The SMILES string of the molecule is CCS(=O)(=O)CCCC(N)c1c(C)cc(C)cc1C. The highest BCUT2D eigenvalue weighted by atomic mass is 32.2. The van der Waals surface area contributed by atoms with E-state index in [0.717, 1.165) is 0 Å². The summed E-state index contributed by atoms with van der Waals surface area (Å²) in [5, 5.41) is 0. The lowest BCUT2D eigenvalue weighted by Crippen LogP contribution is -2.16. The lowest BCUT2D eigenvalue weighted by Gasteiger charge is -2.18. The van der Waals surface area contributed by atoms with E-state index >= 15 is 0 Å². The molecule has 0 saturated heterocycles. The zero-order valence-electron chi connectivity index (χ0n) is 12.4. The number of rotatable bonds is 6. The van der Waals surface area contributed by atoms with Crippen LogP contribution in [-0.4, -0.2) is 19.9 Å². The highest BCUT2D eigenvalue weighted by Gasteiger charge is 2.14. The molecule has 1 rings (SSSR count). The van der Waals surface area contributed by atoms with Crippen LogP contribution in [0.4, 0.5) is 0 Å². The molecule has 2 N–H and O–H groups in total. The van der Waals surface area contributed by atoms with Gasteiger partial charge in [-0.2, -0.15) is 0 Å². The molecule has 19 heavy (non-hydrogen) atoms. The molecule has 0 aliphatic carbocycles. The van der Waals surface area contributed by atoms with Gasteiger partial charge in [-0.3, -0.25) is 0 Å². The maximum Gasteiger partial charge on any atom is 0.150 e. The van der Waals surface area contributed by atoms with E-state index in [2.05, 4.69) is 32.9 Å². The maximum atomic E-state index is 11.5. The molecule has 0 aliphatic rings. The van der Waals surface area contributed by atoms with Crippen LogP contribution in [-0.2, 0) is 9.84 Å². The van der Waals surface area contributed by atoms with Gasteiger partial charge in [0.15, 0.2) is 0 Å². The van der Waals surface area contributed by atoms with Crippen molar-refractivity contribution in [2.75, 3.05) is 11.5 Å². The molecule has 1 unspecified atom stereocenters. The highest BCUT2D eigenvalue weighted by Crippen LogP contribution is 2.25. The van der Waals surface area contributed by atoms with Crippen LogP contribution in [0.15, 0.2) is 12.1 Å². The Kier molecular flexibility index (Phi) is 5.56. The monoisotopic (exact) mass is 283 g/mol. The molecule has 0 bridgehead atoms. The molecule has 0 saturated carbocycles. The van der Waals surface area contributed by atoms with E-state index < -0.39 is 9.84 Å². The van der Waals surface area contributed by atoms with Gasteiger partial charge in [0.25, 0.3) is 0 Å². The summed E-state index contributed by atoms with van der Waals surface area (Å²) in [5.41, 5.74) is 11.0. The van der Waals surface area contributed by atoms with Crippen LogP contribution in [0.25, 0.3) is 0 Å². The molecule has 0 aliphatic heterocycles. The summed E-state index contributed by atoms with van der Waals surface area (Å²) >= 11 is 0. The zero-order chi connectivity index (χ0) is 14.6. The first-order chi connectivity index (χ1) is 8.76. The van der Waals surface area contributed by atoms with E-state index in [1.165, 1.54) is 22.3 Å². The summed E-state index contributed by atoms with van der Waals surface area (Å²) in [6.45, 7) is 7.89. The highest BCUT2D eigenvalue weighted by molar-refractivity contribution is 7.91. The molecular weight excluding hydrogens is 258 g/mol. The first-order valence-electron chi connectivity index (χ1n) is 6.80. The Bertz CT molecular complexity index is 512. The third-order valence-electron chi connectivity index (χ3n) is 3.52. The van der Waals surface area contributed by atoms with Gasteiger partial charge >= 0.3 is 0 Å². The van der Waals surface area contributed by atoms with Crippen LogP contribution in [0.1, 0.15) is 48.1 Å². The van der Waals surface area contributed by atoms with E-state index in [-0.39, 0.29) is 17.5 Å². The third-order valence-corrected chi connectivity index (χ3v) is 5.31. The summed E-state index contributed by atoms with van der Waals surface area (Å²) in [6.07, 6.45) is 1.34. The van der Waals surface area contributed by atoms with Gasteiger partial charge in [0, 0.05) is 11.8 Å². The first-order valence-corrected chi connectivity index (χ1v) is 8.62. The fraction of sp³-hybridized carbons (Fsp3) is 0.600. The van der Waals surface area contributed by atoms with Crippen LogP contribution in [0, 0.1) is 20.8 Å². The van der Waals surface area contributed by atoms with Gasteiger partial charge in [0.05, 0.1) is 5.75 Å². The van der Waals surface area contributed by atoms with Crippen molar-refractivity contribution >= 4 is 9.84 Å². The Hall–Kier alpha value is -0.870. The lowest BCUT2D eigenvalue weighted by atomic mass is 9.92. The molecule has 0 fully saturated rings. The van der Waals surface area contributed by atoms with E-state index in [1.807, 2.05) is 0 Å². The Morgan fingerprint density at radius 3 is 2.16 bits per heavy atom. The summed E-state index contributed by atoms with van der Waals surface area (Å²) in [5.74, 6) is 0.450. The van der Waals surface area contributed by atoms with Gasteiger partial charge in [-0.1, -0.05) is 24.6 Å². The van der Waals surface area contributed by atoms with Crippen molar-refractivity contribution in [3.05, 3.63) is 34.4 Å². The van der Waals surface area contributed by atoms with Crippen molar-refractivity contribution in [2.24, 2.45) is 5.73 Å². The van der Waals surface area contributed by atoms with Crippen LogP contribution < -0.4 is 5.73 Å². The molecule has 0 amide bonds. The van der Waals surface area contributed by atoms with Crippen LogP contribution >= 0.6 is 0 Å². The number of aryl methyl sites for hydroxylation is 3. The number of hydrogen-bond donors (Lipinski definition) is 1. The van der Waals surface area contributed by atoms with E-state index in [9.17, 15) is 8.42 Å². The van der Waals surface area contributed by atoms with Crippen molar-refractivity contribution in [1.29, 1.82) is 0 Å². The molecule has 0 radical (unpaired) electrons. The quantitative estimate of drug-likeness (QED) is 0.873. The first kappa shape index (κ1) is 16.2. The van der Waals surface area contributed by atoms with E-state index in [1.54, 1.807) is 6.92 Å². The molecule has 1 atom stereocenters. The molecule has 3 nitrogen and oxygen atoms in total. The zero-order valence-corrected chi connectivity index (χ0v) is 13.2. The lowest BCUT2D eigenvalue weighted by molar-refractivity contribution is 0.583. The number of hydrogen-bond acceptors (Lipinski definition) is 3. The molecule has 0 heterocycles. The predicted octanol–water partition coefficient (Wildman–Crippen LogP) is 2.83. The van der Waals surface area contributed by atoms with E-state index in [0.29, 0.717) is 12.8 Å². The Balaban J connectivity index is 2.72. The number of sulfone groups is 1. The van der Waals surface area contributed by atoms with E-state index in [4.69, 9.17) is 5.73 Å². The second kappa shape index (κ2) is 6.53. The van der Waals surface area contributed by atoms with Gasteiger partial charge in [0.2, 0.25) is 0 Å². The maximum absolute atomic E-state index is 11.5. The molecule has 0 spiro atoms. The second-order valence-corrected chi connectivity index (χ2v) is 7.77. The number of nitrogens with two attached hydrogens (primary N) is 1. The van der Waals surface area contributed by atoms with Gasteiger partial charge in [0.1, 0.15) is 9.84 Å². The fourth-order valence-corrected chi connectivity index (χ4v) is 3.48. The van der Waals surface area contributed by atoms with Crippen molar-refractivity contribution in [3.63, 3.8) is 0 Å². The largest absolute Gasteiger partial charge is 0.324 e. The molecular formula is C15H25NO2S. The summed E-state index contributed by atoms with van der Waals surface area (Å²) < 4.78 is 22.9. The number of benzene rings is 1. The molecule has 4 heteroatoms. The Labute approximate surface area is 117 Å². The van der Waals surface area contributed by atoms with Gasteiger partial charge < -0.3 is 5.73 Å². The topological polar surface area (TPSA) is 60.2 Å². The molecule has 1 aromatic rings. The van der Waals surface area contributed by atoms with Crippen LogP contribution in [0.2, 0.25) is 0 Å². The minimum absolute atomic E-state index is 0.0762. The van der Waals surface area contributed by atoms with Crippen LogP contribution in [0.3, 0.4) is 0 Å².